The Labute approximate surface area is 198 Å². The predicted octanol–water partition coefficient (Wildman–Crippen LogP) is -1.90. The molecule has 0 aromatic heterocycles. The van der Waals surface area contributed by atoms with Crippen LogP contribution in [0.1, 0.15) is 32.1 Å². The molecule has 0 radical (unpaired) electrons. The van der Waals surface area contributed by atoms with E-state index in [1.807, 2.05) is 0 Å². The summed E-state index contributed by atoms with van der Waals surface area (Å²) in [6, 6.07) is -1.09. The van der Waals surface area contributed by atoms with Crippen LogP contribution in [0, 0.1) is 0 Å². The number of nitrogens with one attached hydrogen (secondary N) is 4. The first kappa shape index (κ1) is 31.4. The molecule has 196 valence electrons. The number of carbonyl (C=O) groups is 5. The van der Waals surface area contributed by atoms with Crippen molar-refractivity contribution in [3.63, 3.8) is 0 Å². The number of aliphatic carboxylic acids is 1. The van der Waals surface area contributed by atoms with Gasteiger partial charge in [0.25, 0.3) is 5.91 Å². The van der Waals surface area contributed by atoms with Gasteiger partial charge in [-0.05, 0) is 19.3 Å². The molecule has 0 saturated heterocycles. The lowest BCUT2D eigenvalue weighted by molar-refractivity contribution is -0.142. The van der Waals surface area contributed by atoms with Gasteiger partial charge in [0.05, 0.1) is 26.4 Å². The van der Waals surface area contributed by atoms with E-state index in [2.05, 4.69) is 21.5 Å². The Kier molecular flexibility index (Phi) is 21.7. The van der Waals surface area contributed by atoms with Gasteiger partial charge in [-0.3, -0.25) is 19.8 Å². The summed E-state index contributed by atoms with van der Waals surface area (Å²) in [4.78, 5) is 54.6. The average Bonchev–Trinajstić information content (AvgIpc) is 2.81. The minimum absolute atomic E-state index is 0.00634. The quantitative estimate of drug-likeness (QED) is 0.0414. The van der Waals surface area contributed by atoms with E-state index in [1.165, 1.54) is 0 Å². The van der Waals surface area contributed by atoms with Crippen molar-refractivity contribution in [1.82, 2.24) is 21.5 Å². The lowest BCUT2D eigenvalue weighted by atomic mass is 10.1. The maximum Gasteiger partial charge on any atom is 0.326 e. The second-order valence-corrected chi connectivity index (χ2v) is 6.79. The molecule has 0 aliphatic heterocycles. The molecule has 14 nitrogen and oxygen atoms in total. The number of hydrogen-bond donors (Lipinski definition) is 5. The molecule has 0 spiro atoms. The number of carbonyl (C=O) groups excluding carboxylic acids is 4. The van der Waals surface area contributed by atoms with Crippen LogP contribution in [0.5, 0.6) is 0 Å². The highest BCUT2D eigenvalue weighted by Gasteiger charge is 2.18. The van der Waals surface area contributed by atoms with Crippen molar-refractivity contribution in [3.8, 4) is 0 Å². The van der Waals surface area contributed by atoms with Gasteiger partial charge in [-0.1, -0.05) is 0 Å². The van der Waals surface area contributed by atoms with Crippen LogP contribution in [-0.2, 0) is 42.9 Å². The molecule has 0 aromatic carbocycles. The fourth-order valence-corrected chi connectivity index (χ4v) is 2.30. The van der Waals surface area contributed by atoms with Gasteiger partial charge in [0.1, 0.15) is 25.7 Å². The third kappa shape index (κ3) is 21.2. The molecule has 1 unspecified atom stereocenters. The van der Waals surface area contributed by atoms with E-state index < -0.39 is 17.9 Å². The van der Waals surface area contributed by atoms with Gasteiger partial charge in [-0.15, -0.1) is 0 Å². The molecule has 0 aliphatic rings. The SMILES string of the molecule is O=CCCC(NC(=O)CCOCCCOCNNC(=O)COCCOCCCNC=O)C(=O)O. The van der Waals surface area contributed by atoms with Crippen LogP contribution in [0.15, 0.2) is 0 Å². The summed E-state index contributed by atoms with van der Waals surface area (Å²) in [5.41, 5.74) is 5.00. The first-order valence-electron chi connectivity index (χ1n) is 11.0. The summed E-state index contributed by atoms with van der Waals surface area (Å²) in [7, 11) is 0. The van der Waals surface area contributed by atoms with Crippen molar-refractivity contribution in [2.75, 3.05) is 59.5 Å². The summed E-state index contributed by atoms with van der Waals surface area (Å²) in [6.07, 6.45) is 2.60. The van der Waals surface area contributed by atoms with E-state index in [1.54, 1.807) is 0 Å². The largest absolute Gasteiger partial charge is 0.480 e. The zero-order valence-corrected chi connectivity index (χ0v) is 19.3. The van der Waals surface area contributed by atoms with Crippen LogP contribution in [-0.4, -0.2) is 101 Å². The highest BCUT2D eigenvalue weighted by Crippen LogP contribution is 1.97. The number of amides is 3. The summed E-state index contributed by atoms with van der Waals surface area (Å²) < 4.78 is 21.0. The summed E-state index contributed by atoms with van der Waals surface area (Å²) in [6.45, 7) is 2.45. The molecule has 0 aromatic rings. The Hall–Kier alpha value is -2.65. The number of aldehydes is 1. The lowest BCUT2D eigenvalue weighted by Gasteiger charge is -2.13. The zero-order chi connectivity index (χ0) is 25.3. The molecule has 14 heteroatoms. The Morgan fingerprint density at radius 2 is 1.56 bits per heavy atom. The van der Waals surface area contributed by atoms with Crippen LogP contribution in [0.2, 0.25) is 0 Å². The number of carboxylic acid groups (broad SMARTS) is 1. The monoisotopic (exact) mass is 492 g/mol. The van der Waals surface area contributed by atoms with Crippen molar-refractivity contribution in [3.05, 3.63) is 0 Å². The van der Waals surface area contributed by atoms with Crippen LogP contribution < -0.4 is 21.5 Å². The average molecular weight is 493 g/mol. The van der Waals surface area contributed by atoms with Gasteiger partial charge in [-0.25, -0.2) is 10.2 Å². The molecular weight excluding hydrogens is 456 g/mol. The molecule has 5 N–H and O–H groups in total. The van der Waals surface area contributed by atoms with Gasteiger partial charge in [-0.2, -0.15) is 0 Å². The van der Waals surface area contributed by atoms with E-state index in [9.17, 15) is 24.0 Å². The lowest BCUT2D eigenvalue weighted by Crippen LogP contribution is -2.41. The Morgan fingerprint density at radius 1 is 0.853 bits per heavy atom. The number of ether oxygens (including phenoxy) is 4. The molecule has 0 bridgehead atoms. The number of hydrazine groups is 1. The Bertz CT molecular complexity index is 580. The van der Waals surface area contributed by atoms with Crippen LogP contribution in [0.3, 0.4) is 0 Å². The van der Waals surface area contributed by atoms with E-state index in [4.69, 9.17) is 24.1 Å². The van der Waals surface area contributed by atoms with Gasteiger partial charge >= 0.3 is 5.97 Å². The molecule has 0 rings (SSSR count). The van der Waals surface area contributed by atoms with E-state index in [0.717, 1.165) is 0 Å². The fraction of sp³-hybridized carbons (Fsp3) is 0.750. The first-order valence-corrected chi connectivity index (χ1v) is 11.0. The second kappa shape index (κ2) is 23.5. The molecular formula is C20H36N4O10. The van der Waals surface area contributed by atoms with Gasteiger partial charge < -0.3 is 39.5 Å². The molecule has 34 heavy (non-hydrogen) atoms. The maximum atomic E-state index is 11.7. The summed E-state index contributed by atoms with van der Waals surface area (Å²) >= 11 is 0. The van der Waals surface area contributed by atoms with Gasteiger partial charge in [0.15, 0.2) is 0 Å². The van der Waals surface area contributed by atoms with Crippen LogP contribution >= 0.6 is 0 Å². The first-order chi connectivity index (χ1) is 16.5. The van der Waals surface area contributed by atoms with Crippen molar-refractivity contribution in [1.29, 1.82) is 0 Å². The van der Waals surface area contributed by atoms with E-state index in [-0.39, 0.29) is 51.7 Å². The fourth-order valence-electron chi connectivity index (χ4n) is 2.30. The van der Waals surface area contributed by atoms with Crippen LogP contribution in [0.4, 0.5) is 0 Å². The van der Waals surface area contributed by atoms with Gasteiger partial charge in [0, 0.05) is 32.6 Å². The minimum atomic E-state index is -1.19. The smallest absolute Gasteiger partial charge is 0.326 e. The normalized spacial score (nSPS) is 11.4. The van der Waals surface area contributed by atoms with Crippen molar-refractivity contribution in [2.24, 2.45) is 0 Å². The van der Waals surface area contributed by atoms with Crippen molar-refractivity contribution in [2.45, 2.75) is 38.1 Å². The standard InChI is InChI=1S/C20H36N4O10/c25-7-1-4-17(20(29)30)23-18(27)5-11-31-9-3-10-34-16-22-24-19(28)14-33-13-12-32-8-2-6-21-15-26/h7,15,17,22H,1-6,8-14,16H2,(H,21,26)(H,23,27)(H,24,28)(H,29,30). The highest BCUT2D eigenvalue weighted by atomic mass is 16.5. The summed E-state index contributed by atoms with van der Waals surface area (Å²) in [5.74, 6) is -2.01. The third-order valence-electron chi connectivity index (χ3n) is 3.96. The second-order valence-electron chi connectivity index (χ2n) is 6.79. The van der Waals surface area contributed by atoms with E-state index >= 15 is 0 Å². The van der Waals surface area contributed by atoms with Gasteiger partial charge in [0.2, 0.25) is 12.3 Å². The van der Waals surface area contributed by atoms with Crippen molar-refractivity contribution >= 4 is 30.5 Å². The predicted molar refractivity (Wildman–Crippen MR) is 117 cm³/mol. The molecule has 0 fully saturated rings. The molecule has 0 heterocycles. The Balaban J connectivity index is 3.44. The van der Waals surface area contributed by atoms with Crippen LogP contribution in [0.25, 0.3) is 0 Å². The molecule has 3 amide bonds. The Morgan fingerprint density at radius 3 is 2.29 bits per heavy atom. The minimum Gasteiger partial charge on any atom is -0.480 e. The number of carboxylic acids is 1. The number of hydrogen-bond acceptors (Lipinski definition) is 10. The highest BCUT2D eigenvalue weighted by molar-refractivity contribution is 5.83. The molecule has 0 saturated carbocycles. The van der Waals surface area contributed by atoms with E-state index in [0.29, 0.717) is 58.5 Å². The topological polar surface area (TPSA) is 191 Å². The maximum absolute atomic E-state index is 11.7. The summed E-state index contributed by atoms with van der Waals surface area (Å²) in [5, 5.41) is 13.8. The van der Waals surface area contributed by atoms with Crippen molar-refractivity contribution < 1.29 is 48.0 Å². The molecule has 0 aliphatic carbocycles. The molecule has 1 atom stereocenters. The third-order valence-corrected chi connectivity index (χ3v) is 3.96. The number of rotatable bonds is 25. The zero-order valence-electron chi connectivity index (χ0n) is 19.3.